The number of carbonyl (C=O) groups is 1. The summed E-state index contributed by atoms with van der Waals surface area (Å²) in [6.45, 7) is 8.29. The van der Waals surface area contributed by atoms with Gasteiger partial charge < -0.3 is 15.8 Å². The van der Waals surface area contributed by atoms with Gasteiger partial charge in [-0.05, 0) is 39.5 Å². The van der Waals surface area contributed by atoms with Gasteiger partial charge in [0.1, 0.15) is 5.60 Å². The van der Waals surface area contributed by atoms with Crippen LogP contribution in [0.5, 0.6) is 0 Å². The molecule has 4 heteroatoms. The molecule has 0 aromatic rings. The minimum atomic E-state index is -0.458. The molecule has 100 valence electrons. The summed E-state index contributed by atoms with van der Waals surface area (Å²) in [5.41, 5.74) is 5.12. The molecule has 1 aliphatic rings. The van der Waals surface area contributed by atoms with E-state index in [1.165, 1.54) is 6.42 Å². The van der Waals surface area contributed by atoms with E-state index in [9.17, 15) is 4.79 Å². The number of carbonyl (C=O) groups excluding carboxylic acids is 1. The van der Waals surface area contributed by atoms with Crippen LogP contribution in [0.2, 0.25) is 0 Å². The molecule has 1 amide bonds. The predicted octanol–water partition coefficient (Wildman–Crippen LogP) is 2.42. The Morgan fingerprint density at radius 1 is 1.53 bits per heavy atom. The second-order valence-corrected chi connectivity index (χ2v) is 6.31. The monoisotopic (exact) mass is 242 g/mol. The molecule has 0 radical (unpaired) electrons. The van der Waals surface area contributed by atoms with Crippen LogP contribution in [0.4, 0.5) is 4.79 Å². The van der Waals surface area contributed by atoms with Gasteiger partial charge in [0.05, 0.1) is 5.54 Å². The van der Waals surface area contributed by atoms with Crippen molar-refractivity contribution in [1.29, 1.82) is 0 Å². The Morgan fingerprint density at radius 3 is 2.65 bits per heavy atom. The van der Waals surface area contributed by atoms with Gasteiger partial charge in [0, 0.05) is 6.54 Å². The molecule has 1 fully saturated rings. The summed E-state index contributed by atoms with van der Waals surface area (Å²) >= 11 is 0. The van der Waals surface area contributed by atoms with Crippen molar-refractivity contribution in [3.63, 3.8) is 0 Å². The molecule has 0 saturated heterocycles. The van der Waals surface area contributed by atoms with Crippen LogP contribution in [-0.2, 0) is 4.74 Å². The molecule has 3 N–H and O–H groups in total. The molecular formula is C13H26N2O2. The lowest BCUT2D eigenvalue weighted by Crippen LogP contribution is -2.56. The van der Waals surface area contributed by atoms with Gasteiger partial charge in [-0.1, -0.05) is 19.8 Å². The molecule has 0 bridgehead atoms. The maximum absolute atomic E-state index is 11.8. The fourth-order valence-corrected chi connectivity index (χ4v) is 2.53. The number of alkyl carbamates (subject to hydrolysis) is 1. The van der Waals surface area contributed by atoms with E-state index < -0.39 is 5.60 Å². The standard InChI is InChI=1S/C13H26N2O2/c1-10-6-5-7-13(8-10,9-14)15-11(16)17-12(2,3)4/h10H,5-9,14H2,1-4H3,(H,15,16). The van der Waals surface area contributed by atoms with Crippen molar-refractivity contribution < 1.29 is 9.53 Å². The number of amides is 1. The van der Waals surface area contributed by atoms with Crippen LogP contribution in [0.15, 0.2) is 0 Å². The molecule has 0 aromatic heterocycles. The average Bonchev–Trinajstić information content (AvgIpc) is 2.14. The van der Waals surface area contributed by atoms with E-state index in [1.807, 2.05) is 20.8 Å². The van der Waals surface area contributed by atoms with Gasteiger partial charge in [-0.3, -0.25) is 0 Å². The number of hydrogen-bond donors (Lipinski definition) is 2. The fraction of sp³-hybridized carbons (Fsp3) is 0.923. The van der Waals surface area contributed by atoms with Gasteiger partial charge in [-0.2, -0.15) is 0 Å². The van der Waals surface area contributed by atoms with Gasteiger partial charge in [-0.15, -0.1) is 0 Å². The average molecular weight is 242 g/mol. The third-order valence-corrected chi connectivity index (χ3v) is 3.25. The Hall–Kier alpha value is -0.770. The topological polar surface area (TPSA) is 64.3 Å². The molecule has 1 rings (SSSR count). The lowest BCUT2D eigenvalue weighted by atomic mass is 9.76. The smallest absolute Gasteiger partial charge is 0.408 e. The molecule has 17 heavy (non-hydrogen) atoms. The predicted molar refractivity (Wildman–Crippen MR) is 68.8 cm³/mol. The van der Waals surface area contributed by atoms with Crippen LogP contribution < -0.4 is 11.1 Å². The number of ether oxygens (including phenoxy) is 1. The van der Waals surface area contributed by atoms with Crippen molar-refractivity contribution >= 4 is 6.09 Å². The molecule has 0 aromatic carbocycles. The van der Waals surface area contributed by atoms with E-state index in [2.05, 4.69) is 12.2 Å². The Balaban J connectivity index is 2.59. The highest BCUT2D eigenvalue weighted by Crippen LogP contribution is 2.31. The minimum absolute atomic E-state index is 0.264. The van der Waals surface area contributed by atoms with Crippen LogP contribution in [0, 0.1) is 5.92 Å². The molecule has 1 aliphatic carbocycles. The minimum Gasteiger partial charge on any atom is -0.444 e. The van der Waals surface area contributed by atoms with Crippen molar-refractivity contribution in [2.45, 2.75) is 64.5 Å². The van der Waals surface area contributed by atoms with E-state index in [4.69, 9.17) is 10.5 Å². The van der Waals surface area contributed by atoms with Gasteiger partial charge in [0.15, 0.2) is 0 Å². The van der Waals surface area contributed by atoms with Gasteiger partial charge in [0.25, 0.3) is 0 Å². The van der Waals surface area contributed by atoms with Crippen molar-refractivity contribution in [3.05, 3.63) is 0 Å². The normalized spacial score (nSPS) is 29.8. The van der Waals surface area contributed by atoms with Crippen molar-refractivity contribution in [2.24, 2.45) is 11.7 Å². The maximum Gasteiger partial charge on any atom is 0.408 e. The van der Waals surface area contributed by atoms with Crippen molar-refractivity contribution in [2.75, 3.05) is 6.54 Å². The molecule has 0 heterocycles. The number of rotatable bonds is 2. The maximum atomic E-state index is 11.8. The zero-order valence-electron chi connectivity index (χ0n) is 11.5. The second-order valence-electron chi connectivity index (χ2n) is 6.31. The van der Waals surface area contributed by atoms with Crippen LogP contribution in [0.3, 0.4) is 0 Å². The highest BCUT2D eigenvalue weighted by atomic mass is 16.6. The summed E-state index contributed by atoms with van der Waals surface area (Å²) in [6, 6.07) is 0. The van der Waals surface area contributed by atoms with Crippen molar-refractivity contribution in [3.8, 4) is 0 Å². The van der Waals surface area contributed by atoms with Crippen molar-refractivity contribution in [1.82, 2.24) is 5.32 Å². The lowest BCUT2D eigenvalue weighted by Gasteiger charge is -2.40. The number of nitrogens with two attached hydrogens (primary N) is 1. The van der Waals surface area contributed by atoms with Gasteiger partial charge in [-0.25, -0.2) is 4.79 Å². The quantitative estimate of drug-likeness (QED) is 0.781. The molecular weight excluding hydrogens is 216 g/mol. The summed E-state index contributed by atoms with van der Waals surface area (Å²) < 4.78 is 5.30. The molecule has 2 atom stereocenters. The Bertz CT molecular complexity index is 273. The first-order valence-electron chi connectivity index (χ1n) is 6.48. The van der Waals surface area contributed by atoms with E-state index in [0.717, 1.165) is 19.3 Å². The first-order chi connectivity index (χ1) is 7.76. The first kappa shape index (κ1) is 14.3. The molecule has 2 unspecified atom stereocenters. The lowest BCUT2D eigenvalue weighted by molar-refractivity contribution is 0.0413. The summed E-state index contributed by atoms with van der Waals surface area (Å²) in [5.74, 6) is 0.613. The third kappa shape index (κ3) is 4.54. The molecule has 1 saturated carbocycles. The summed E-state index contributed by atoms with van der Waals surface area (Å²) in [6.07, 6.45) is 3.89. The van der Waals surface area contributed by atoms with Crippen LogP contribution in [0.1, 0.15) is 53.4 Å². The highest BCUT2D eigenvalue weighted by molar-refractivity contribution is 5.68. The van der Waals surface area contributed by atoms with E-state index in [0.29, 0.717) is 12.5 Å². The zero-order valence-corrected chi connectivity index (χ0v) is 11.5. The van der Waals surface area contributed by atoms with Crippen LogP contribution >= 0.6 is 0 Å². The summed E-state index contributed by atoms with van der Waals surface area (Å²) in [5, 5.41) is 2.98. The van der Waals surface area contributed by atoms with Gasteiger partial charge in [0.2, 0.25) is 0 Å². The van der Waals surface area contributed by atoms with E-state index in [1.54, 1.807) is 0 Å². The van der Waals surface area contributed by atoms with Crippen LogP contribution in [0.25, 0.3) is 0 Å². The highest BCUT2D eigenvalue weighted by Gasteiger charge is 2.36. The van der Waals surface area contributed by atoms with E-state index in [-0.39, 0.29) is 11.6 Å². The summed E-state index contributed by atoms with van der Waals surface area (Å²) in [4.78, 5) is 11.8. The Kier molecular flexibility index (Phi) is 4.42. The fourth-order valence-electron chi connectivity index (χ4n) is 2.53. The van der Waals surface area contributed by atoms with E-state index >= 15 is 0 Å². The number of nitrogens with one attached hydrogen (secondary N) is 1. The third-order valence-electron chi connectivity index (χ3n) is 3.25. The Morgan fingerprint density at radius 2 is 2.18 bits per heavy atom. The summed E-state index contributed by atoms with van der Waals surface area (Å²) in [7, 11) is 0. The second kappa shape index (κ2) is 5.25. The largest absolute Gasteiger partial charge is 0.444 e. The van der Waals surface area contributed by atoms with Crippen LogP contribution in [-0.4, -0.2) is 23.8 Å². The number of hydrogen-bond acceptors (Lipinski definition) is 3. The molecule has 0 aliphatic heterocycles. The zero-order chi connectivity index (χ0) is 13.1. The SMILES string of the molecule is CC1CCCC(CN)(NC(=O)OC(C)(C)C)C1. The Labute approximate surface area is 104 Å². The molecule has 4 nitrogen and oxygen atoms in total. The first-order valence-corrected chi connectivity index (χ1v) is 6.48. The van der Waals surface area contributed by atoms with Gasteiger partial charge >= 0.3 is 6.09 Å². The molecule has 0 spiro atoms.